The van der Waals surface area contributed by atoms with E-state index in [1.165, 1.54) is 22.5 Å². The molecule has 4 aliphatic heterocycles. The second-order valence-electron chi connectivity index (χ2n) is 8.09. The molecule has 1 fully saturated rings. The van der Waals surface area contributed by atoms with Gasteiger partial charge in [-0.3, -0.25) is 4.99 Å². The van der Waals surface area contributed by atoms with Crippen molar-refractivity contribution < 1.29 is 35.8 Å². The maximum absolute atomic E-state index is 13.4. The van der Waals surface area contributed by atoms with Gasteiger partial charge in [0.1, 0.15) is 29.6 Å². The molecule has 0 saturated carbocycles. The van der Waals surface area contributed by atoms with Gasteiger partial charge in [0.05, 0.1) is 25.3 Å². The molecule has 0 radical (unpaired) electrons. The molecule has 0 bridgehead atoms. The summed E-state index contributed by atoms with van der Waals surface area (Å²) in [5.74, 6) is -0.0356. The van der Waals surface area contributed by atoms with E-state index in [0.29, 0.717) is 0 Å². The van der Waals surface area contributed by atoms with Crippen LogP contribution < -0.4 is 26.3 Å². The Bertz CT molecular complexity index is 1240. The zero-order chi connectivity index (χ0) is 24.3. The molecule has 184 valence electrons. The first kappa shape index (κ1) is 23.0. The lowest BCUT2D eigenvalue weighted by Gasteiger charge is -2.37. The van der Waals surface area contributed by atoms with Gasteiger partial charge in [0, 0.05) is 29.9 Å². The van der Waals surface area contributed by atoms with Crippen LogP contribution in [-0.4, -0.2) is 70.8 Å². The minimum Gasteiger partial charge on any atom is -0.486 e. The van der Waals surface area contributed by atoms with Crippen molar-refractivity contribution in [3.8, 4) is 11.5 Å². The summed E-state index contributed by atoms with van der Waals surface area (Å²) in [6.45, 7) is 0.583. The number of hydrogen-bond acceptors (Lipinski definition) is 9. The molecule has 0 aromatic heterocycles. The SMILES string of the molecule is NC1=CC(N)(c2ccc(S(=O)(=O)N3CCOCC3)c3c2OCCO3)NC2=NCC(C(F)(F)F)=C12. The summed E-state index contributed by atoms with van der Waals surface area (Å²) in [6.07, 6.45) is -3.36. The molecule has 34 heavy (non-hydrogen) atoms. The molecule has 4 heterocycles. The predicted molar refractivity (Wildman–Crippen MR) is 114 cm³/mol. The number of sulfonamides is 1. The van der Waals surface area contributed by atoms with Crippen molar-refractivity contribution in [2.75, 3.05) is 46.1 Å². The van der Waals surface area contributed by atoms with Crippen LogP contribution in [0.5, 0.6) is 11.5 Å². The van der Waals surface area contributed by atoms with E-state index < -0.39 is 34.0 Å². The monoisotopic (exact) mass is 501 g/mol. The van der Waals surface area contributed by atoms with E-state index in [9.17, 15) is 21.6 Å². The fraction of sp³-hybridized carbons (Fsp3) is 0.450. The number of nitrogens with two attached hydrogens (primary N) is 2. The van der Waals surface area contributed by atoms with Crippen molar-refractivity contribution in [3.63, 3.8) is 0 Å². The van der Waals surface area contributed by atoms with Gasteiger partial charge in [-0.25, -0.2) is 8.42 Å². The Morgan fingerprint density at radius 3 is 2.44 bits per heavy atom. The number of ether oxygens (including phenoxy) is 3. The molecule has 14 heteroatoms. The quantitative estimate of drug-likeness (QED) is 0.537. The number of rotatable bonds is 3. The number of amidine groups is 1. The maximum Gasteiger partial charge on any atom is 0.415 e. The average Bonchev–Trinajstić information content (AvgIpc) is 3.23. The number of aliphatic imine (C=N–C) groups is 1. The van der Waals surface area contributed by atoms with Crippen molar-refractivity contribution in [1.29, 1.82) is 0 Å². The average molecular weight is 501 g/mol. The van der Waals surface area contributed by atoms with Crippen LogP contribution >= 0.6 is 0 Å². The highest BCUT2D eigenvalue weighted by molar-refractivity contribution is 7.89. The first-order valence-electron chi connectivity index (χ1n) is 10.4. The number of fused-ring (bicyclic) bond motifs is 2. The van der Waals surface area contributed by atoms with E-state index in [1.807, 2.05) is 0 Å². The van der Waals surface area contributed by atoms with E-state index in [0.717, 1.165) is 0 Å². The summed E-state index contributed by atoms with van der Waals surface area (Å²) in [7, 11) is -3.93. The Balaban J connectivity index is 1.60. The van der Waals surface area contributed by atoms with Gasteiger partial charge in [0.15, 0.2) is 11.5 Å². The van der Waals surface area contributed by atoms with Crippen molar-refractivity contribution in [2.24, 2.45) is 16.5 Å². The topological polar surface area (TPSA) is 142 Å². The summed E-state index contributed by atoms with van der Waals surface area (Å²) >= 11 is 0. The number of alkyl halides is 3. The zero-order valence-electron chi connectivity index (χ0n) is 17.8. The largest absolute Gasteiger partial charge is 0.486 e. The third kappa shape index (κ3) is 3.61. The second kappa shape index (κ2) is 7.86. The molecule has 10 nitrogen and oxygen atoms in total. The highest BCUT2D eigenvalue weighted by Crippen LogP contribution is 2.45. The Labute approximate surface area is 193 Å². The summed E-state index contributed by atoms with van der Waals surface area (Å²) in [5.41, 5.74) is 9.87. The van der Waals surface area contributed by atoms with Crippen LogP contribution in [0.25, 0.3) is 0 Å². The van der Waals surface area contributed by atoms with Gasteiger partial charge in [-0.15, -0.1) is 0 Å². The molecule has 5 N–H and O–H groups in total. The molecule has 1 unspecified atom stereocenters. The van der Waals surface area contributed by atoms with Gasteiger partial charge in [0.2, 0.25) is 10.0 Å². The number of benzene rings is 1. The molecule has 0 aliphatic carbocycles. The van der Waals surface area contributed by atoms with E-state index in [4.69, 9.17) is 25.7 Å². The van der Waals surface area contributed by atoms with Crippen LogP contribution in [0.1, 0.15) is 5.56 Å². The Morgan fingerprint density at radius 2 is 1.76 bits per heavy atom. The molecule has 0 spiro atoms. The molecule has 1 atom stereocenters. The van der Waals surface area contributed by atoms with Gasteiger partial charge in [0.25, 0.3) is 0 Å². The fourth-order valence-corrected chi connectivity index (χ4v) is 5.90. The van der Waals surface area contributed by atoms with Crippen molar-refractivity contribution in [2.45, 2.75) is 16.7 Å². The second-order valence-corrected chi connectivity index (χ2v) is 10.00. The van der Waals surface area contributed by atoms with Crippen LogP contribution in [0, 0.1) is 0 Å². The summed E-state index contributed by atoms with van der Waals surface area (Å²) in [4.78, 5) is 3.84. The lowest BCUT2D eigenvalue weighted by atomic mass is 9.90. The molecule has 5 rings (SSSR count). The predicted octanol–water partition coefficient (Wildman–Crippen LogP) is 0.307. The minimum absolute atomic E-state index is 0.0143. The molecule has 1 saturated heterocycles. The molecule has 4 aliphatic rings. The van der Waals surface area contributed by atoms with Crippen molar-refractivity contribution >= 4 is 15.9 Å². The summed E-state index contributed by atoms with van der Waals surface area (Å²) in [5, 5.41) is 2.81. The van der Waals surface area contributed by atoms with Crippen LogP contribution in [0.3, 0.4) is 0 Å². The van der Waals surface area contributed by atoms with E-state index in [2.05, 4.69) is 10.3 Å². The Morgan fingerprint density at radius 1 is 1.09 bits per heavy atom. The van der Waals surface area contributed by atoms with Crippen molar-refractivity contribution in [3.05, 3.63) is 40.6 Å². The normalized spacial score (nSPS) is 25.4. The number of morpholine rings is 1. The van der Waals surface area contributed by atoms with E-state index >= 15 is 0 Å². The Kier molecular flexibility index (Phi) is 5.31. The zero-order valence-corrected chi connectivity index (χ0v) is 18.6. The maximum atomic E-state index is 13.4. The first-order valence-corrected chi connectivity index (χ1v) is 11.9. The Hall–Kier alpha value is -2.81. The highest BCUT2D eigenvalue weighted by Gasteiger charge is 2.46. The smallest absolute Gasteiger partial charge is 0.415 e. The third-order valence-corrected chi connectivity index (χ3v) is 7.88. The first-order chi connectivity index (χ1) is 16.0. The number of hydrogen-bond donors (Lipinski definition) is 3. The summed E-state index contributed by atoms with van der Waals surface area (Å²) in [6, 6.07) is 2.78. The van der Waals surface area contributed by atoms with E-state index in [-0.39, 0.29) is 78.6 Å². The number of nitrogens with one attached hydrogen (secondary N) is 1. The summed E-state index contributed by atoms with van der Waals surface area (Å²) < 4.78 is 84.7. The van der Waals surface area contributed by atoms with Gasteiger partial charge >= 0.3 is 6.18 Å². The standard InChI is InChI=1S/C20H22F3N5O5S/c21-20(22,23)12-10-26-18-15(12)13(24)9-19(25,27-18)11-1-2-14(17-16(11)32-7-8-33-17)34(29,30)28-3-5-31-6-4-28/h1-2,9H,3-8,10,24-25H2,(H,26,27). The minimum atomic E-state index is -4.60. The third-order valence-electron chi connectivity index (χ3n) is 5.96. The molecule has 1 aromatic carbocycles. The van der Waals surface area contributed by atoms with E-state index in [1.54, 1.807) is 0 Å². The van der Waals surface area contributed by atoms with Crippen LogP contribution in [0.4, 0.5) is 13.2 Å². The van der Waals surface area contributed by atoms with Crippen molar-refractivity contribution in [1.82, 2.24) is 9.62 Å². The molecule has 1 aromatic rings. The van der Waals surface area contributed by atoms with Gasteiger partial charge in [-0.2, -0.15) is 17.5 Å². The van der Waals surface area contributed by atoms with Gasteiger partial charge in [-0.1, -0.05) is 0 Å². The lowest BCUT2D eigenvalue weighted by Crippen LogP contribution is -2.55. The number of nitrogens with zero attached hydrogens (tertiary/aromatic N) is 2. The highest BCUT2D eigenvalue weighted by atomic mass is 32.2. The van der Waals surface area contributed by atoms with Crippen LogP contribution in [-0.2, 0) is 20.4 Å². The van der Waals surface area contributed by atoms with Gasteiger partial charge in [-0.05, 0) is 18.2 Å². The van der Waals surface area contributed by atoms with Crippen LogP contribution in [0.15, 0.2) is 44.9 Å². The molecule has 0 amide bonds. The lowest BCUT2D eigenvalue weighted by molar-refractivity contribution is -0.0921. The molecular weight excluding hydrogens is 479 g/mol. The molecular formula is C20H22F3N5O5S. The number of halogens is 3. The fourth-order valence-electron chi connectivity index (χ4n) is 4.37. The van der Waals surface area contributed by atoms with Crippen LogP contribution in [0.2, 0.25) is 0 Å². The van der Waals surface area contributed by atoms with Gasteiger partial charge < -0.3 is 31.0 Å².